The van der Waals surface area contributed by atoms with Crippen LogP contribution in [0.15, 0.2) is 12.1 Å². The second-order valence-corrected chi connectivity index (χ2v) is 4.49. The van der Waals surface area contributed by atoms with Gasteiger partial charge in [0.25, 0.3) is 0 Å². The highest BCUT2D eigenvalue weighted by Gasteiger charge is 2.28. The molecule has 0 bridgehead atoms. The lowest BCUT2D eigenvalue weighted by atomic mass is 10.2. The number of carboxylic acid groups (broad SMARTS) is 1. The van der Waals surface area contributed by atoms with Crippen LogP contribution >= 0.6 is 11.6 Å². The molecule has 1 heterocycles. The van der Waals surface area contributed by atoms with E-state index < -0.39 is 5.97 Å². The van der Waals surface area contributed by atoms with Crippen molar-refractivity contribution in [3.63, 3.8) is 0 Å². The molecule has 0 radical (unpaired) electrons. The number of halogens is 1. The van der Waals surface area contributed by atoms with E-state index in [4.69, 9.17) is 16.7 Å². The second-order valence-electron chi connectivity index (χ2n) is 4.11. The first-order chi connectivity index (χ1) is 7.58. The lowest BCUT2D eigenvalue weighted by Gasteiger charge is -2.15. The van der Waals surface area contributed by atoms with Gasteiger partial charge in [-0.25, -0.2) is 9.78 Å². The summed E-state index contributed by atoms with van der Waals surface area (Å²) in [5.41, 5.74) is 0.164. The van der Waals surface area contributed by atoms with E-state index in [0.29, 0.717) is 16.9 Å². The molecule has 0 spiro atoms. The van der Waals surface area contributed by atoms with Crippen molar-refractivity contribution in [2.75, 3.05) is 5.32 Å². The molecule has 1 aromatic rings. The van der Waals surface area contributed by atoms with Gasteiger partial charge in [-0.15, -0.1) is 0 Å². The molecule has 0 saturated heterocycles. The van der Waals surface area contributed by atoms with Gasteiger partial charge < -0.3 is 10.4 Å². The molecule has 2 rings (SSSR count). The third-order valence-electron chi connectivity index (χ3n) is 2.79. The van der Waals surface area contributed by atoms with E-state index in [9.17, 15) is 4.79 Å². The highest BCUT2D eigenvalue weighted by Crippen LogP contribution is 2.34. The van der Waals surface area contributed by atoms with Gasteiger partial charge in [0, 0.05) is 6.04 Å². The van der Waals surface area contributed by atoms with E-state index in [-0.39, 0.29) is 11.6 Å². The summed E-state index contributed by atoms with van der Waals surface area (Å²) < 4.78 is 0. The highest BCUT2D eigenvalue weighted by molar-refractivity contribution is 6.29. The zero-order valence-electron chi connectivity index (χ0n) is 8.90. The van der Waals surface area contributed by atoms with Crippen LogP contribution in [-0.4, -0.2) is 22.1 Å². The molecule has 1 saturated carbocycles. The van der Waals surface area contributed by atoms with Crippen molar-refractivity contribution in [1.29, 1.82) is 0 Å². The van der Waals surface area contributed by atoms with Crippen LogP contribution in [0.2, 0.25) is 5.15 Å². The molecule has 4 nitrogen and oxygen atoms in total. The number of hydrogen-bond acceptors (Lipinski definition) is 3. The smallest absolute Gasteiger partial charge is 0.339 e. The van der Waals surface area contributed by atoms with Gasteiger partial charge in [-0.3, -0.25) is 0 Å². The summed E-state index contributed by atoms with van der Waals surface area (Å²) in [5, 5.41) is 12.4. The van der Waals surface area contributed by atoms with Gasteiger partial charge in [0.05, 0.1) is 0 Å². The zero-order chi connectivity index (χ0) is 11.7. The minimum Gasteiger partial charge on any atom is -0.478 e. The predicted octanol–water partition coefficient (Wildman–Crippen LogP) is 2.64. The Hall–Kier alpha value is -1.29. The molecule has 2 N–H and O–H groups in total. The largest absolute Gasteiger partial charge is 0.478 e. The van der Waals surface area contributed by atoms with Crippen LogP contribution in [0, 0.1) is 5.92 Å². The molecule has 0 aliphatic heterocycles. The van der Waals surface area contributed by atoms with Crippen molar-refractivity contribution in [3.05, 3.63) is 22.8 Å². The number of nitrogens with zero attached hydrogens (tertiary/aromatic N) is 1. The average molecular weight is 241 g/mol. The van der Waals surface area contributed by atoms with E-state index >= 15 is 0 Å². The van der Waals surface area contributed by atoms with Crippen LogP contribution in [0.1, 0.15) is 30.1 Å². The molecule has 1 atom stereocenters. The van der Waals surface area contributed by atoms with Gasteiger partial charge in [0.1, 0.15) is 16.5 Å². The van der Waals surface area contributed by atoms with Crippen molar-refractivity contribution < 1.29 is 9.90 Å². The SMILES string of the molecule is CC(Nc1nc(Cl)ccc1C(=O)O)C1CC1. The van der Waals surface area contributed by atoms with Gasteiger partial charge in [-0.05, 0) is 37.8 Å². The maximum absolute atomic E-state index is 11.0. The number of hydrogen-bond donors (Lipinski definition) is 2. The first-order valence-electron chi connectivity index (χ1n) is 5.24. The lowest BCUT2D eigenvalue weighted by Crippen LogP contribution is -2.20. The van der Waals surface area contributed by atoms with Crippen LogP contribution in [-0.2, 0) is 0 Å². The summed E-state index contributed by atoms with van der Waals surface area (Å²) in [5.74, 6) is -0.00325. The number of nitrogens with one attached hydrogen (secondary N) is 1. The second kappa shape index (κ2) is 4.29. The number of carbonyl (C=O) groups is 1. The molecule has 5 heteroatoms. The van der Waals surface area contributed by atoms with Crippen LogP contribution in [0.4, 0.5) is 5.82 Å². The first-order valence-corrected chi connectivity index (χ1v) is 5.62. The van der Waals surface area contributed by atoms with Crippen LogP contribution in [0.25, 0.3) is 0 Å². The summed E-state index contributed by atoms with van der Waals surface area (Å²) in [6.45, 7) is 2.03. The molecular weight excluding hydrogens is 228 g/mol. The van der Waals surface area contributed by atoms with Crippen LogP contribution < -0.4 is 5.32 Å². The van der Waals surface area contributed by atoms with Crippen molar-refractivity contribution in [2.24, 2.45) is 5.92 Å². The number of anilines is 1. The number of carboxylic acids is 1. The summed E-state index contributed by atoms with van der Waals surface area (Å²) in [4.78, 5) is 15.0. The Kier molecular flexibility index (Phi) is 3.01. The number of rotatable bonds is 4. The molecule has 1 aliphatic carbocycles. The summed E-state index contributed by atoms with van der Waals surface area (Å²) in [6.07, 6.45) is 2.38. The van der Waals surface area contributed by atoms with Crippen LogP contribution in [0.5, 0.6) is 0 Å². The van der Waals surface area contributed by atoms with Crippen molar-refractivity contribution in [1.82, 2.24) is 4.98 Å². The molecule has 1 aromatic heterocycles. The maximum Gasteiger partial charge on any atom is 0.339 e. The molecule has 1 unspecified atom stereocenters. The van der Waals surface area contributed by atoms with Gasteiger partial charge in [-0.2, -0.15) is 0 Å². The Morgan fingerprint density at radius 3 is 2.88 bits per heavy atom. The van der Waals surface area contributed by atoms with E-state index in [2.05, 4.69) is 10.3 Å². The third kappa shape index (κ3) is 2.44. The lowest BCUT2D eigenvalue weighted by molar-refractivity contribution is 0.0697. The molecule has 16 heavy (non-hydrogen) atoms. The van der Waals surface area contributed by atoms with E-state index in [1.54, 1.807) is 0 Å². The molecule has 1 fully saturated rings. The predicted molar refractivity (Wildman–Crippen MR) is 62.0 cm³/mol. The normalized spacial score (nSPS) is 16.9. The topological polar surface area (TPSA) is 62.2 Å². The Bertz CT molecular complexity index is 418. The number of aromatic carboxylic acids is 1. The van der Waals surface area contributed by atoms with Gasteiger partial charge in [0.2, 0.25) is 0 Å². The molecular formula is C11H13ClN2O2. The van der Waals surface area contributed by atoms with Gasteiger partial charge in [0.15, 0.2) is 0 Å². The van der Waals surface area contributed by atoms with Crippen molar-refractivity contribution >= 4 is 23.4 Å². The minimum absolute atomic E-state index is 0.164. The van der Waals surface area contributed by atoms with Gasteiger partial charge in [-0.1, -0.05) is 11.6 Å². The average Bonchev–Trinajstić information content (AvgIpc) is 2.99. The summed E-state index contributed by atoms with van der Waals surface area (Å²) in [7, 11) is 0. The van der Waals surface area contributed by atoms with E-state index in [1.165, 1.54) is 25.0 Å². The maximum atomic E-state index is 11.0. The minimum atomic E-state index is -0.991. The highest BCUT2D eigenvalue weighted by atomic mass is 35.5. The summed E-state index contributed by atoms with van der Waals surface area (Å²) in [6, 6.07) is 3.20. The monoisotopic (exact) mass is 240 g/mol. The number of pyridine rings is 1. The molecule has 0 amide bonds. The van der Waals surface area contributed by atoms with Crippen molar-refractivity contribution in [2.45, 2.75) is 25.8 Å². The first kappa shape index (κ1) is 11.2. The van der Waals surface area contributed by atoms with E-state index in [0.717, 1.165) is 0 Å². The molecule has 0 aromatic carbocycles. The summed E-state index contributed by atoms with van der Waals surface area (Å²) >= 11 is 5.76. The fraction of sp³-hybridized carbons (Fsp3) is 0.455. The van der Waals surface area contributed by atoms with E-state index in [1.807, 2.05) is 6.92 Å². The Morgan fingerprint density at radius 1 is 1.62 bits per heavy atom. The molecule has 1 aliphatic rings. The van der Waals surface area contributed by atoms with Crippen molar-refractivity contribution in [3.8, 4) is 0 Å². The van der Waals surface area contributed by atoms with Gasteiger partial charge >= 0.3 is 5.97 Å². The Labute approximate surface area is 98.6 Å². The fourth-order valence-electron chi connectivity index (χ4n) is 1.65. The third-order valence-corrected chi connectivity index (χ3v) is 3.00. The fourth-order valence-corrected chi connectivity index (χ4v) is 1.80. The quantitative estimate of drug-likeness (QED) is 0.795. The Balaban J connectivity index is 2.22. The number of aromatic nitrogens is 1. The molecule has 86 valence electrons. The zero-order valence-corrected chi connectivity index (χ0v) is 9.66. The Morgan fingerprint density at radius 2 is 2.31 bits per heavy atom. The standard InChI is InChI=1S/C11H13ClN2O2/c1-6(7-2-3-7)13-10-8(11(15)16)4-5-9(12)14-10/h4-7H,2-3H2,1H3,(H,13,14)(H,15,16). The van der Waals surface area contributed by atoms with Crippen LogP contribution in [0.3, 0.4) is 0 Å².